The number of hydrogen-bond acceptors (Lipinski definition) is 4. The molecule has 0 heterocycles. The van der Waals surface area contributed by atoms with Crippen molar-refractivity contribution < 1.29 is 17.9 Å². The molecule has 0 aliphatic heterocycles. The Morgan fingerprint density at radius 1 is 1.19 bits per heavy atom. The van der Waals surface area contributed by atoms with Crippen LogP contribution in [0.15, 0.2) is 41.3 Å². The van der Waals surface area contributed by atoms with Crippen LogP contribution in [0.1, 0.15) is 11.1 Å². The van der Waals surface area contributed by atoms with Crippen LogP contribution in [-0.4, -0.2) is 39.3 Å². The fraction of sp³-hybridized carbons (Fsp3) is 0.278. The number of anilines is 1. The highest BCUT2D eigenvalue weighted by Gasteiger charge is 2.25. The van der Waals surface area contributed by atoms with E-state index < -0.39 is 15.9 Å². The van der Waals surface area contributed by atoms with Crippen molar-refractivity contribution in [3.8, 4) is 5.75 Å². The van der Waals surface area contributed by atoms with Crippen LogP contribution in [0, 0.1) is 13.8 Å². The summed E-state index contributed by atoms with van der Waals surface area (Å²) in [6, 6.07) is 9.86. The molecular weight excluding hydrogens is 376 g/mol. The number of likely N-dealkylation sites (N-methyl/N-ethyl adjacent to an activating group) is 1. The molecule has 0 fully saturated rings. The molecule has 2 aromatic carbocycles. The number of carbonyl (C=O) groups is 1. The van der Waals surface area contributed by atoms with Crippen LogP contribution in [0.2, 0.25) is 5.02 Å². The van der Waals surface area contributed by atoms with Gasteiger partial charge in [0, 0.05) is 12.1 Å². The minimum absolute atomic E-state index is 0.179. The first-order valence-electron chi connectivity index (χ1n) is 7.82. The van der Waals surface area contributed by atoms with E-state index in [9.17, 15) is 13.2 Å². The first kappa shape index (κ1) is 20.2. The molecule has 0 radical (unpaired) electrons. The van der Waals surface area contributed by atoms with Crippen molar-refractivity contribution in [1.82, 2.24) is 4.31 Å². The maximum Gasteiger partial charge on any atom is 0.243 e. The Kier molecular flexibility index (Phi) is 6.28. The number of carbonyl (C=O) groups excluding carboxylic acids is 1. The number of nitrogens with zero attached hydrogens (tertiary/aromatic N) is 1. The lowest BCUT2D eigenvalue weighted by molar-refractivity contribution is -0.116. The second-order valence-electron chi connectivity index (χ2n) is 5.92. The highest BCUT2D eigenvalue weighted by Crippen LogP contribution is 2.27. The van der Waals surface area contributed by atoms with E-state index in [2.05, 4.69) is 5.32 Å². The average molecular weight is 397 g/mol. The van der Waals surface area contributed by atoms with Crippen LogP contribution in [-0.2, 0) is 14.8 Å². The summed E-state index contributed by atoms with van der Waals surface area (Å²) >= 11 is 5.93. The molecule has 1 N–H and O–H groups in total. The Balaban J connectivity index is 2.17. The largest absolute Gasteiger partial charge is 0.495 e. The van der Waals surface area contributed by atoms with Gasteiger partial charge in [-0.05, 0) is 43.7 Å². The van der Waals surface area contributed by atoms with E-state index in [4.69, 9.17) is 16.3 Å². The fourth-order valence-corrected chi connectivity index (χ4v) is 4.01. The molecule has 2 rings (SSSR count). The molecule has 26 heavy (non-hydrogen) atoms. The van der Waals surface area contributed by atoms with Crippen LogP contribution in [0.5, 0.6) is 5.75 Å². The first-order chi connectivity index (χ1) is 12.1. The van der Waals surface area contributed by atoms with E-state index in [-0.39, 0.29) is 11.4 Å². The molecule has 0 atom stereocenters. The highest BCUT2D eigenvalue weighted by atomic mass is 35.5. The van der Waals surface area contributed by atoms with Crippen LogP contribution in [0.25, 0.3) is 0 Å². The summed E-state index contributed by atoms with van der Waals surface area (Å²) in [5.74, 6) is -0.0657. The van der Waals surface area contributed by atoms with Crippen molar-refractivity contribution >= 4 is 33.2 Å². The third-order valence-electron chi connectivity index (χ3n) is 3.82. The van der Waals surface area contributed by atoms with Gasteiger partial charge in [0.05, 0.1) is 24.2 Å². The Morgan fingerprint density at radius 3 is 2.50 bits per heavy atom. The summed E-state index contributed by atoms with van der Waals surface area (Å²) in [6.45, 7) is 3.27. The van der Waals surface area contributed by atoms with Gasteiger partial charge in [0.2, 0.25) is 15.9 Å². The number of benzene rings is 2. The number of halogens is 1. The average Bonchev–Trinajstić information content (AvgIpc) is 2.54. The number of ether oxygens (including phenoxy) is 1. The van der Waals surface area contributed by atoms with Gasteiger partial charge in [0.15, 0.2) is 0 Å². The smallest absolute Gasteiger partial charge is 0.243 e. The number of sulfonamides is 1. The minimum Gasteiger partial charge on any atom is -0.495 e. The molecule has 0 aliphatic rings. The molecule has 8 heteroatoms. The quantitative estimate of drug-likeness (QED) is 0.813. The first-order valence-corrected chi connectivity index (χ1v) is 9.64. The number of rotatable bonds is 6. The van der Waals surface area contributed by atoms with E-state index in [1.165, 1.54) is 20.2 Å². The molecule has 0 aromatic heterocycles. The molecule has 0 unspecified atom stereocenters. The second-order valence-corrected chi connectivity index (χ2v) is 8.37. The van der Waals surface area contributed by atoms with E-state index in [0.717, 1.165) is 9.87 Å². The summed E-state index contributed by atoms with van der Waals surface area (Å²) in [7, 11) is -0.950. The summed E-state index contributed by atoms with van der Waals surface area (Å²) in [5.41, 5.74) is 1.98. The lowest BCUT2D eigenvalue weighted by Crippen LogP contribution is -2.35. The summed E-state index contributed by atoms with van der Waals surface area (Å²) in [6.07, 6.45) is 0. The van der Waals surface area contributed by atoms with Gasteiger partial charge in [-0.15, -0.1) is 0 Å². The SMILES string of the molecule is COc1ccc(Cl)cc1NC(=O)CN(C)S(=O)(=O)c1ccc(C)cc1C. The van der Waals surface area contributed by atoms with Crippen molar-refractivity contribution in [3.63, 3.8) is 0 Å². The molecule has 0 aliphatic carbocycles. The Labute approximate surface area is 158 Å². The van der Waals surface area contributed by atoms with Crippen molar-refractivity contribution in [1.29, 1.82) is 0 Å². The van der Waals surface area contributed by atoms with Gasteiger partial charge in [-0.1, -0.05) is 29.3 Å². The van der Waals surface area contributed by atoms with Crippen molar-refractivity contribution in [2.75, 3.05) is 26.0 Å². The zero-order valence-electron chi connectivity index (χ0n) is 15.0. The van der Waals surface area contributed by atoms with E-state index in [1.54, 1.807) is 37.3 Å². The van der Waals surface area contributed by atoms with Gasteiger partial charge in [-0.25, -0.2) is 8.42 Å². The normalized spacial score (nSPS) is 11.5. The highest BCUT2D eigenvalue weighted by molar-refractivity contribution is 7.89. The van der Waals surface area contributed by atoms with Gasteiger partial charge >= 0.3 is 0 Å². The van der Waals surface area contributed by atoms with Crippen LogP contribution < -0.4 is 10.1 Å². The molecule has 140 valence electrons. The van der Waals surface area contributed by atoms with Gasteiger partial charge < -0.3 is 10.1 Å². The van der Waals surface area contributed by atoms with Crippen molar-refractivity contribution in [2.24, 2.45) is 0 Å². The second kappa shape index (κ2) is 8.07. The Bertz CT molecular complexity index is 929. The van der Waals surface area contributed by atoms with Crippen molar-refractivity contribution in [3.05, 3.63) is 52.5 Å². The van der Waals surface area contributed by atoms with Crippen molar-refractivity contribution in [2.45, 2.75) is 18.7 Å². The zero-order chi connectivity index (χ0) is 19.5. The molecular formula is C18H21ClN2O4S. The van der Waals surface area contributed by atoms with Crippen LogP contribution in [0.3, 0.4) is 0 Å². The topological polar surface area (TPSA) is 75.7 Å². The zero-order valence-corrected chi connectivity index (χ0v) is 16.6. The van der Waals surface area contributed by atoms with Gasteiger partial charge in [-0.3, -0.25) is 4.79 Å². The predicted molar refractivity (Wildman–Crippen MR) is 102 cm³/mol. The number of amides is 1. The Morgan fingerprint density at radius 2 is 1.88 bits per heavy atom. The third-order valence-corrected chi connectivity index (χ3v) is 6.02. The monoisotopic (exact) mass is 396 g/mol. The van der Waals surface area contributed by atoms with Crippen LogP contribution in [0.4, 0.5) is 5.69 Å². The lowest BCUT2D eigenvalue weighted by Gasteiger charge is -2.19. The summed E-state index contributed by atoms with van der Waals surface area (Å²) < 4.78 is 31.6. The molecule has 6 nitrogen and oxygen atoms in total. The standard InChI is InChI=1S/C18H21ClN2O4S/c1-12-5-8-17(13(2)9-12)26(23,24)21(3)11-18(22)20-15-10-14(19)6-7-16(15)25-4/h5-10H,11H2,1-4H3,(H,20,22). The van der Waals surface area contributed by atoms with Gasteiger partial charge in [0.1, 0.15) is 5.75 Å². The number of aryl methyl sites for hydroxylation is 2. The van der Waals surface area contributed by atoms with Gasteiger partial charge in [0.25, 0.3) is 0 Å². The minimum atomic E-state index is -3.78. The maximum absolute atomic E-state index is 12.7. The van der Waals surface area contributed by atoms with E-state index >= 15 is 0 Å². The molecule has 0 spiro atoms. The van der Waals surface area contributed by atoms with E-state index in [1.807, 2.05) is 6.92 Å². The Hall–Kier alpha value is -2.09. The number of hydrogen-bond donors (Lipinski definition) is 1. The summed E-state index contributed by atoms with van der Waals surface area (Å²) in [5, 5.41) is 3.05. The molecule has 0 saturated heterocycles. The predicted octanol–water partition coefficient (Wildman–Crippen LogP) is 3.22. The van der Waals surface area contributed by atoms with E-state index in [0.29, 0.717) is 22.0 Å². The van der Waals surface area contributed by atoms with Gasteiger partial charge in [-0.2, -0.15) is 4.31 Å². The molecule has 0 saturated carbocycles. The molecule has 0 bridgehead atoms. The maximum atomic E-state index is 12.7. The summed E-state index contributed by atoms with van der Waals surface area (Å²) in [4.78, 5) is 12.5. The number of nitrogens with one attached hydrogen (secondary N) is 1. The fourth-order valence-electron chi connectivity index (χ4n) is 2.51. The molecule has 1 amide bonds. The number of methoxy groups -OCH3 is 1. The lowest BCUT2D eigenvalue weighted by atomic mass is 10.2. The molecule has 2 aromatic rings. The van der Waals surface area contributed by atoms with Crippen LogP contribution >= 0.6 is 11.6 Å². The third kappa shape index (κ3) is 4.55.